The van der Waals surface area contributed by atoms with Crippen LogP contribution in [0.2, 0.25) is 0 Å². The molecule has 1 aromatic heterocycles. The lowest BCUT2D eigenvalue weighted by atomic mass is 10.2. The van der Waals surface area contributed by atoms with Crippen LogP contribution >= 0.6 is 0 Å². The van der Waals surface area contributed by atoms with Crippen molar-refractivity contribution in [2.24, 2.45) is 7.05 Å². The molecule has 1 aromatic carbocycles. The van der Waals surface area contributed by atoms with Crippen molar-refractivity contribution in [2.45, 2.75) is 6.54 Å². The number of carbonyl (C=O) groups is 1. The summed E-state index contributed by atoms with van der Waals surface area (Å²) in [5, 5.41) is -0.184. The Morgan fingerprint density at radius 1 is 1.35 bits per heavy atom. The number of aromatic nitrogens is 2. The van der Waals surface area contributed by atoms with Gasteiger partial charge in [-0.15, -0.1) is 0 Å². The maximum Gasteiger partial charge on any atom is 0.331 e. The fourth-order valence-electron chi connectivity index (χ4n) is 1.75. The first-order valence-corrected chi connectivity index (χ1v) is 4.89. The van der Waals surface area contributed by atoms with Gasteiger partial charge >= 0.3 is 5.69 Å². The van der Waals surface area contributed by atoms with Crippen molar-refractivity contribution in [3.8, 4) is 0 Å². The van der Waals surface area contributed by atoms with Crippen LogP contribution in [0, 0.1) is 5.82 Å². The molecule has 0 bridgehead atoms. The highest BCUT2D eigenvalue weighted by molar-refractivity contribution is 5.78. The Hall–Kier alpha value is -2.24. The molecule has 0 unspecified atom stereocenters. The highest BCUT2D eigenvalue weighted by atomic mass is 19.1. The minimum atomic E-state index is -0.784. The normalized spacial score (nSPS) is 10.7. The molecule has 0 saturated heterocycles. The Bertz CT molecular complexity index is 715. The smallest absolute Gasteiger partial charge is 0.301 e. The zero-order valence-electron chi connectivity index (χ0n) is 9.01. The number of nitrogens with zero attached hydrogens (tertiary/aromatic N) is 2. The number of hydrogen-bond acceptors (Lipinski definition) is 3. The van der Waals surface area contributed by atoms with Crippen LogP contribution in [-0.2, 0) is 18.4 Å². The molecule has 0 aliphatic carbocycles. The summed E-state index contributed by atoms with van der Waals surface area (Å²) in [5.74, 6) is -0.706. The number of halogens is 1. The molecular formula is C11H9FN2O3. The van der Waals surface area contributed by atoms with E-state index in [4.69, 9.17) is 0 Å². The summed E-state index contributed by atoms with van der Waals surface area (Å²) in [6, 6.07) is 4.03. The monoisotopic (exact) mass is 236 g/mol. The summed E-state index contributed by atoms with van der Waals surface area (Å²) in [7, 11) is 1.42. The molecule has 0 saturated carbocycles. The molecule has 88 valence electrons. The van der Waals surface area contributed by atoms with E-state index >= 15 is 0 Å². The zero-order chi connectivity index (χ0) is 12.6. The topological polar surface area (TPSA) is 61.1 Å². The molecule has 17 heavy (non-hydrogen) atoms. The molecular weight excluding hydrogens is 227 g/mol. The predicted octanol–water partition coefficient (Wildman–Crippen LogP) is 0.0382. The van der Waals surface area contributed by atoms with Crippen LogP contribution in [0.1, 0.15) is 0 Å². The van der Waals surface area contributed by atoms with Gasteiger partial charge in [-0.1, -0.05) is 6.07 Å². The van der Waals surface area contributed by atoms with Gasteiger partial charge < -0.3 is 4.79 Å². The zero-order valence-corrected chi connectivity index (χ0v) is 9.01. The summed E-state index contributed by atoms with van der Waals surface area (Å²) in [4.78, 5) is 34.0. The third-order valence-electron chi connectivity index (χ3n) is 2.59. The molecule has 0 fully saturated rings. The standard InChI is InChI=1S/C11H9FN2O3/c1-13-8-4-2-3-7(12)9(8)10(16)14(5-6-15)11(13)17/h2-4,6H,5H2,1H3. The van der Waals surface area contributed by atoms with Crippen molar-refractivity contribution < 1.29 is 9.18 Å². The van der Waals surface area contributed by atoms with E-state index < -0.39 is 17.1 Å². The van der Waals surface area contributed by atoms with Crippen LogP contribution < -0.4 is 11.2 Å². The molecule has 2 aromatic rings. The van der Waals surface area contributed by atoms with Crippen LogP contribution in [0.4, 0.5) is 4.39 Å². The average molecular weight is 236 g/mol. The van der Waals surface area contributed by atoms with Crippen LogP contribution in [0.3, 0.4) is 0 Å². The second kappa shape index (κ2) is 3.97. The van der Waals surface area contributed by atoms with E-state index in [9.17, 15) is 18.8 Å². The molecule has 0 amide bonds. The van der Waals surface area contributed by atoms with Gasteiger partial charge in [0.1, 0.15) is 12.1 Å². The van der Waals surface area contributed by atoms with Gasteiger partial charge in [0.25, 0.3) is 5.56 Å². The molecule has 5 nitrogen and oxygen atoms in total. The highest BCUT2D eigenvalue weighted by Crippen LogP contribution is 2.10. The van der Waals surface area contributed by atoms with Gasteiger partial charge in [-0.25, -0.2) is 9.18 Å². The Morgan fingerprint density at radius 2 is 2.06 bits per heavy atom. The van der Waals surface area contributed by atoms with E-state index in [1.807, 2.05) is 0 Å². The molecule has 2 rings (SSSR count). The maximum absolute atomic E-state index is 13.6. The van der Waals surface area contributed by atoms with Crippen molar-refractivity contribution in [1.29, 1.82) is 0 Å². The van der Waals surface area contributed by atoms with E-state index in [1.165, 1.54) is 19.2 Å². The lowest BCUT2D eigenvalue weighted by Crippen LogP contribution is -2.39. The van der Waals surface area contributed by atoms with Gasteiger partial charge in [0, 0.05) is 7.05 Å². The first kappa shape index (κ1) is 11.3. The Balaban J connectivity index is 3.07. The van der Waals surface area contributed by atoms with Crippen LogP contribution in [0.15, 0.2) is 27.8 Å². The number of hydrogen-bond donors (Lipinski definition) is 0. The van der Waals surface area contributed by atoms with Gasteiger partial charge in [0.2, 0.25) is 0 Å². The van der Waals surface area contributed by atoms with Crippen molar-refractivity contribution in [1.82, 2.24) is 9.13 Å². The van der Waals surface area contributed by atoms with Gasteiger partial charge in [-0.3, -0.25) is 13.9 Å². The number of fused-ring (bicyclic) bond motifs is 1. The molecule has 0 spiro atoms. The van der Waals surface area contributed by atoms with E-state index in [-0.39, 0.29) is 17.4 Å². The number of carbonyl (C=O) groups excluding carboxylic acids is 1. The fourth-order valence-corrected chi connectivity index (χ4v) is 1.75. The maximum atomic E-state index is 13.6. The molecule has 0 aliphatic rings. The van der Waals surface area contributed by atoms with Gasteiger partial charge in [-0.05, 0) is 12.1 Å². The van der Waals surface area contributed by atoms with Gasteiger partial charge in [-0.2, -0.15) is 0 Å². The van der Waals surface area contributed by atoms with E-state index in [1.54, 1.807) is 0 Å². The molecule has 1 heterocycles. The SMILES string of the molecule is Cn1c(=O)n(CC=O)c(=O)c2c(F)cccc21. The number of rotatable bonds is 2. The van der Waals surface area contributed by atoms with Crippen molar-refractivity contribution in [3.63, 3.8) is 0 Å². The molecule has 0 radical (unpaired) electrons. The quantitative estimate of drug-likeness (QED) is 0.691. The number of benzene rings is 1. The lowest BCUT2D eigenvalue weighted by Gasteiger charge is -2.08. The van der Waals surface area contributed by atoms with E-state index in [0.29, 0.717) is 10.9 Å². The van der Waals surface area contributed by atoms with Crippen LogP contribution in [0.25, 0.3) is 10.9 Å². The summed E-state index contributed by atoms with van der Waals surface area (Å²) in [6.45, 7) is -0.379. The number of aldehydes is 1. The highest BCUT2D eigenvalue weighted by Gasteiger charge is 2.13. The Kier molecular flexibility index (Phi) is 2.63. The third-order valence-corrected chi connectivity index (χ3v) is 2.59. The predicted molar refractivity (Wildman–Crippen MR) is 59.5 cm³/mol. The van der Waals surface area contributed by atoms with Gasteiger partial charge in [0.15, 0.2) is 0 Å². The fraction of sp³-hybridized carbons (Fsp3) is 0.182. The van der Waals surface area contributed by atoms with Crippen molar-refractivity contribution >= 4 is 17.2 Å². The Labute approximate surface area is 94.7 Å². The minimum Gasteiger partial charge on any atom is -0.301 e. The molecule has 0 atom stereocenters. The number of aryl methyl sites for hydroxylation is 1. The second-order valence-electron chi connectivity index (χ2n) is 3.56. The molecule has 0 aliphatic heterocycles. The summed E-state index contributed by atoms with van der Waals surface area (Å²) in [6.07, 6.45) is 0.426. The third kappa shape index (κ3) is 1.57. The van der Waals surface area contributed by atoms with E-state index in [2.05, 4.69) is 0 Å². The van der Waals surface area contributed by atoms with Crippen LogP contribution in [0.5, 0.6) is 0 Å². The Morgan fingerprint density at radius 3 is 2.71 bits per heavy atom. The molecule has 0 N–H and O–H groups in total. The molecule has 6 heteroatoms. The first-order valence-electron chi connectivity index (χ1n) is 4.89. The largest absolute Gasteiger partial charge is 0.331 e. The van der Waals surface area contributed by atoms with Crippen LogP contribution in [-0.4, -0.2) is 15.4 Å². The first-order chi connectivity index (χ1) is 8.07. The summed E-state index contributed by atoms with van der Waals surface area (Å²) < 4.78 is 15.4. The average Bonchev–Trinajstić information content (AvgIpc) is 2.31. The van der Waals surface area contributed by atoms with Crippen molar-refractivity contribution in [2.75, 3.05) is 0 Å². The van der Waals surface area contributed by atoms with Crippen molar-refractivity contribution in [3.05, 3.63) is 44.9 Å². The van der Waals surface area contributed by atoms with E-state index in [0.717, 1.165) is 10.6 Å². The minimum absolute atomic E-state index is 0.184. The summed E-state index contributed by atoms with van der Waals surface area (Å²) in [5.41, 5.74) is -1.21. The second-order valence-corrected chi connectivity index (χ2v) is 3.56. The van der Waals surface area contributed by atoms with Gasteiger partial charge in [0.05, 0.1) is 17.4 Å². The lowest BCUT2D eigenvalue weighted by molar-refractivity contribution is -0.108. The summed E-state index contributed by atoms with van der Waals surface area (Å²) >= 11 is 0.